The van der Waals surface area contributed by atoms with E-state index in [4.69, 9.17) is 5.11 Å². The number of nitrogens with one attached hydrogen (secondary N) is 1. The summed E-state index contributed by atoms with van der Waals surface area (Å²) < 4.78 is 0. The van der Waals surface area contributed by atoms with Crippen LogP contribution in [0, 0.1) is 0 Å². The maximum atomic E-state index is 11.6. The monoisotopic (exact) mass is 285 g/mol. The van der Waals surface area contributed by atoms with Gasteiger partial charge in [-0.05, 0) is 36.0 Å². The number of hydrogen-bond donors (Lipinski definition) is 2. The highest BCUT2D eigenvalue weighted by atomic mass is 32.2. The maximum absolute atomic E-state index is 11.6. The van der Waals surface area contributed by atoms with Crippen molar-refractivity contribution in [3.8, 4) is 0 Å². The second-order valence-electron chi connectivity index (χ2n) is 3.53. The minimum atomic E-state index is -0.998. The van der Waals surface area contributed by atoms with E-state index >= 15 is 0 Å². The summed E-state index contributed by atoms with van der Waals surface area (Å²) in [5, 5.41) is 13.3. The first-order valence-electron chi connectivity index (χ1n) is 5.37. The molecule has 0 aliphatic rings. The van der Waals surface area contributed by atoms with Gasteiger partial charge in [-0.1, -0.05) is 6.07 Å². The molecule has 1 atom stereocenters. The Labute approximate surface area is 114 Å². The summed E-state index contributed by atoms with van der Waals surface area (Å²) in [7, 11) is 0. The van der Waals surface area contributed by atoms with Gasteiger partial charge < -0.3 is 10.4 Å². The second kappa shape index (κ2) is 7.94. The number of carboxylic acid groups (broad SMARTS) is 1. The normalized spacial score (nSPS) is 12.5. The quantitative estimate of drug-likeness (QED) is 0.753. The van der Waals surface area contributed by atoms with Crippen LogP contribution in [0.15, 0.2) is 23.6 Å². The van der Waals surface area contributed by atoms with Crippen molar-refractivity contribution in [2.45, 2.75) is 12.5 Å². The molecule has 0 aliphatic heterocycles. The molecule has 4 nitrogen and oxygen atoms in total. The van der Waals surface area contributed by atoms with Crippen molar-refractivity contribution >= 4 is 41.1 Å². The van der Waals surface area contributed by atoms with Crippen LogP contribution in [0.2, 0.25) is 0 Å². The first-order chi connectivity index (χ1) is 8.63. The van der Waals surface area contributed by atoms with Crippen molar-refractivity contribution < 1.29 is 14.7 Å². The number of carboxylic acids is 1. The smallest absolute Gasteiger partial charge is 0.326 e. The van der Waals surface area contributed by atoms with Crippen molar-refractivity contribution in [3.05, 3.63) is 28.5 Å². The molecule has 1 heterocycles. The summed E-state index contributed by atoms with van der Waals surface area (Å²) in [5.41, 5.74) is 0. The van der Waals surface area contributed by atoms with Gasteiger partial charge in [-0.15, -0.1) is 11.3 Å². The molecule has 18 heavy (non-hydrogen) atoms. The number of carbonyl (C=O) groups is 2. The zero-order valence-corrected chi connectivity index (χ0v) is 11.6. The summed E-state index contributed by atoms with van der Waals surface area (Å²) in [6.45, 7) is 0. The van der Waals surface area contributed by atoms with Crippen LogP contribution in [-0.2, 0) is 9.59 Å². The Morgan fingerprint density at radius 2 is 2.39 bits per heavy atom. The number of aliphatic carboxylic acids is 1. The van der Waals surface area contributed by atoms with Gasteiger partial charge in [0.2, 0.25) is 5.91 Å². The van der Waals surface area contributed by atoms with Gasteiger partial charge in [0.25, 0.3) is 0 Å². The fourth-order valence-electron chi connectivity index (χ4n) is 1.26. The standard InChI is InChI=1S/C12H15NO3S2/c1-17-8-6-10(12(15)16)13-11(14)5-4-9-3-2-7-18-9/h2-5,7,10H,6,8H2,1H3,(H,13,14)(H,15,16)/b5-4+. The molecule has 0 saturated carbocycles. The van der Waals surface area contributed by atoms with Gasteiger partial charge in [0.15, 0.2) is 0 Å². The molecule has 6 heteroatoms. The molecule has 1 unspecified atom stereocenters. The van der Waals surface area contributed by atoms with Crippen LogP contribution in [0.3, 0.4) is 0 Å². The Morgan fingerprint density at radius 1 is 1.61 bits per heavy atom. The number of rotatable bonds is 7. The maximum Gasteiger partial charge on any atom is 0.326 e. The zero-order chi connectivity index (χ0) is 13.4. The van der Waals surface area contributed by atoms with Crippen molar-refractivity contribution in [2.75, 3.05) is 12.0 Å². The summed E-state index contributed by atoms with van der Waals surface area (Å²) >= 11 is 3.07. The number of thioether (sulfide) groups is 1. The molecule has 1 aromatic rings. The molecule has 1 aromatic heterocycles. The minimum Gasteiger partial charge on any atom is -0.480 e. The number of amides is 1. The fraction of sp³-hybridized carbons (Fsp3) is 0.333. The Morgan fingerprint density at radius 3 is 2.94 bits per heavy atom. The van der Waals surface area contributed by atoms with Crippen LogP contribution >= 0.6 is 23.1 Å². The van der Waals surface area contributed by atoms with Gasteiger partial charge >= 0.3 is 5.97 Å². The van der Waals surface area contributed by atoms with Gasteiger partial charge in [0, 0.05) is 11.0 Å². The van der Waals surface area contributed by atoms with Crippen LogP contribution in [0.5, 0.6) is 0 Å². The molecule has 2 N–H and O–H groups in total. The van der Waals surface area contributed by atoms with Crippen LogP contribution in [0.25, 0.3) is 6.08 Å². The van der Waals surface area contributed by atoms with Gasteiger partial charge in [-0.25, -0.2) is 4.79 Å². The summed E-state index contributed by atoms with van der Waals surface area (Å²) in [4.78, 5) is 23.4. The lowest BCUT2D eigenvalue weighted by Gasteiger charge is -2.12. The zero-order valence-electron chi connectivity index (χ0n) is 9.96. The van der Waals surface area contributed by atoms with Gasteiger partial charge in [-0.3, -0.25) is 4.79 Å². The third-order valence-electron chi connectivity index (χ3n) is 2.17. The Kier molecular flexibility index (Phi) is 6.53. The van der Waals surface area contributed by atoms with E-state index in [-0.39, 0.29) is 5.91 Å². The molecule has 0 aromatic carbocycles. The van der Waals surface area contributed by atoms with Gasteiger partial charge in [-0.2, -0.15) is 11.8 Å². The third-order valence-corrected chi connectivity index (χ3v) is 3.65. The first kappa shape index (κ1) is 14.8. The molecule has 0 fully saturated rings. The second-order valence-corrected chi connectivity index (χ2v) is 5.49. The molecule has 0 saturated heterocycles. The first-order valence-corrected chi connectivity index (χ1v) is 7.64. The highest BCUT2D eigenvalue weighted by molar-refractivity contribution is 7.98. The van der Waals surface area contributed by atoms with Crippen LogP contribution in [0.1, 0.15) is 11.3 Å². The lowest BCUT2D eigenvalue weighted by atomic mass is 10.2. The van der Waals surface area contributed by atoms with Gasteiger partial charge in [0.1, 0.15) is 6.04 Å². The predicted octanol–water partition coefficient (Wildman–Crippen LogP) is 2.08. The van der Waals surface area contributed by atoms with Crippen LogP contribution in [-0.4, -0.2) is 35.0 Å². The van der Waals surface area contributed by atoms with Crippen molar-refractivity contribution in [3.63, 3.8) is 0 Å². The predicted molar refractivity (Wildman–Crippen MR) is 75.9 cm³/mol. The van der Waals surface area contributed by atoms with E-state index in [9.17, 15) is 9.59 Å². The van der Waals surface area contributed by atoms with Crippen molar-refractivity contribution in [2.24, 2.45) is 0 Å². The SMILES string of the molecule is CSCCC(NC(=O)/C=C/c1cccs1)C(=O)O. The van der Waals surface area contributed by atoms with Crippen molar-refractivity contribution in [1.82, 2.24) is 5.32 Å². The Balaban J connectivity index is 2.48. The fourth-order valence-corrected chi connectivity index (χ4v) is 2.35. The number of hydrogen-bond acceptors (Lipinski definition) is 4. The topological polar surface area (TPSA) is 66.4 Å². The lowest BCUT2D eigenvalue weighted by Crippen LogP contribution is -2.40. The highest BCUT2D eigenvalue weighted by Gasteiger charge is 2.17. The highest BCUT2D eigenvalue weighted by Crippen LogP contribution is 2.10. The van der Waals surface area contributed by atoms with Gasteiger partial charge in [0.05, 0.1) is 0 Å². The molecular weight excluding hydrogens is 270 g/mol. The largest absolute Gasteiger partial charge is 0.480 e. The Hall–Kier alpha value is -1.27. The molecular formula is C12H15NO3S2. The van der Waals surface area contributed by atoms with E-state index in [1.807, 2.05) is 23.8 Å². The van der Waals surface area contributed by atoms with E-state index in [2.05, 4.69) is 5.32 Å². The van der Waals surface area contributed by atoms with E-state index in [1.54, 1.807) is 17.8 Å². The summed E-state index contributed by atoms with van der Waals surface area (Å²) in [5.74, 6) is -0.676. The summed E-state index contributed by atoms with van der Waals surface area (Å²) in [6, 6.07) is 2.95. The molecule has 0 aliphatic carbocycles. The third kappa shape index (κ3) is 5.37. The number of carbonyl (C=O) groups excluding carboxylic acids is 1. The van der Waals surface area contributed by atoms with Crippen LogP contribution < -0.4 is 5.32 Å². The van der Waals surface area contributed by atoms with E-state index in [1.165, 1.54) is 17.4 Å². The molecule has 0 bridgehead atoms. The minimum absolute atomic E-state index is 0.378. The Bertz CT molecular complexity index is 415. The molecule has 0 radical (unpaired) electrons. The number of thiophene rings is 1. The van der Waals surface area contributed by atoms with E-state index < -0.39 is 12.0 Å². The molecule has 0 spiro atoms. The van der Waals surface area contributed by atoms with Crippen LogP contribution in [0.4, 0.5) is 0 Å². The lowest BCUT2D eigenvalue weighted by molar-refractivity contribution is -0.141. The molecule has 98 valence electrons. The van der Waals surface area contributed by atoms with Crippen molar-refractivity contribution in [1.29, 1.82) is 0 Å². The van der Waals surface area contributed by atoms with E-state index in [0.29, 0.717) is 12.2 Å². The molecule has 1 amide bonds. The molecule has 1 rings (SSSR count). The van der Waals surface area contributed by atoms with E-state index in [0.717, 1.165) is 4.88 Å². The average molecular weight is 285 g/mol. The average Bonchev–Trinajstić information content (AvgIpc) is 2.84. The summed E-state index contributed by atoms with van der Waals surface area (Å²) in [6.07, 6.45) is 5.36.